The summed E-state index contributed by atoms with van der Waals surface area (Å²) in [5.41, 5.74) is 1.67. The number of piperidine rings is 1. The lowest BCUT2D eigenvalue weighted by molar-refractivity contribution is 0.0819. The zero-order chi connectivity index (χ0) is 19.8. The molecule has 148 valence electrons. The van der Waals surface area contributed by atoms with E-state index >= 15 is 0 Å². The Kier molecular flexibility index (Phi) is 5.07. The maximum Gasteiger partial charge on any atom is 0.157 e. The molecule has 1 saturated heterocycles. The van der Waals surface area contributed by atoms with Gasteiger partial charge in [-0.1, -0.05) is 11.6 Å². The average molecular weight is 406 g/mol. The van der Waals surface area contributed by atoms with Crippen molar-refractivity contribution in [2.75, 3.05) is 18.0 Å². The summed E-state index contributed by atoms with van der Waals surface area (Å²) >= 11 is 6.12. The maximum absolute atomic E-state index is 14.9. The summed E-state index contributed by atoms with van der Waals surface area (Å²) in [5.74, 6) is 1.41. The number of hydrogen-bond donors (Lipinski definition) is 1. The predicted molar refractivity (Wildman–Crippen MR) is 105 cm³/mol. The van der Waals surface area contributed by atoms with E-state index in [9.17, 15) is 9.50 Å². The van der Waals surface area contributed by atoms with Gasteiger partial charge in [0.2, 0.25) is 0 Å². The molecule has 0 saturated carbocycles. The standard InChI is InChI=1S/C19H21ClFN5O2/c1-11-18(20)23-17(10-27)24-19(11)26-6-5-16(14(21)9-26)28-13-3-4-15-12(7-13)8-22-25(15)2/h3-4,7-8,14,16,27H,5-6,9-10H2,1-2H3/t14-,16+/m0/s1. The number of benzene rings is 1. The number of aliphatic hydroxyl groups excluding tert-OH is 1. The van der Waals surface area contributed by atoms with Crippen LogP contribution in [0.25, 0.3) is 10.9 Å². The summed E-state index contributed by atoms with van der Waals surface area (Å²) in [6, 6.07) is 5.64. The van der Waals surface area contributed by atoms with Crippen molar-refractivity contribution < 1.29 is 14.2 Å². The van der Waals surface area contributed by atoms with Crippen molar-refractivity contribution in [3.05, 3.63) is 40.9 Å². The third kappa shape index (κ3) is 3.49. The van der Waals surface area contributed by atoms with E-state index in [1.54, 1.807) is 17.8 Å². The van der Waals surface area contributed by atoms with E-state index in [1.807, 2.05) is 30.1 Å². The molecule has 2 atom stereocenters. The van der Waals surface area contributed by atoms with Gasteiger partial charge in [0.15, 0.2) is 12.0 Å². The molecule has 1 N–H and O–H groups in total. The largest absolute Gasteiger partial charge is 0.487 e. The smallest absolute Gasteiger partial charge is 0.157 e. The summed E-state index contributed by atoms with van der Waals surface area (Å²) in [5, 5.41) is 14.7. The molecule has 2 aromatic heterocycles. The van der Waals surface area contributed by atoms with Crippen molar-refractivity contribution in [3.63, 3.8) is 0 Å². The highest BCUT2D eigenvalue weighted by atomic mass is 35.5. The number of aliphatic hydroxyl groups is 1. The first-order valence-corrected chi connectivity index (χ1v) is 9.45. The number of halogens is 2. The fourth-order valence-corrected chi connectivity index (χ4v) is 3.68. The van der Waals surface area contributed by atoms with Gasteiger partial charge in [-0.25, -0.2) is 14.4 Å². The van der Waals surface area contributed by atoms with Gasteiger partial charge in [0.1, 0.15) is 29.4 Å². The number of aryl methyl sites for hydroxylation is 1. The second kappa shape index (κ2) is 7.52. The van der Waals surface area contributed by atoms with Crippen LogP contribution in [-0.2, 0) is 13.7 Å². The van der Waals surface area contributed by atoms with Crippen LogP contribution >= 0.6 is 11.6 Å². The number of alkyl halides is 1. The number of rotatable bonds is 4. The molecule has 3 aromatic rings. The van der Waals surface area contributed by atoms with Gasteiger partial charge in [0.05, 0.1) is 18.3 Å². The highest BCUT2D eigenvalue weighted by Gasteiger charge is 2.32. The van der Waals surface area contributed by atoms with Gasteiger partial charge >= 0.3 is 0 Å². The van der Waals surface area contributed by atoms with Crippen molar-refractivity contribution in [2.24, 2.45) is 7.05 Å². The molecule has 1 aromatic carbocycles. The number of fused-ring (bicyclic) bond motifs is 1. The van der Waals surface area contributed by atoms with Crippen molar-refractivity contribution in [1.29, 1.82) is 0 Å². The zero-order valence-electron chi connectivity index (χ0n) is 15.6. The molecule has 7 nitrogen and oxygen atoms in total. The highest BCUT2D eigenvalue weighted by Crippen LogP contribution is 2.29. The summed E-state index contributed by atoms with van der Waals surface area (Å²) in [7, 11) is 1.87. The topological polar surface area (TPSA) is 76.3 Å². The molecule has 0 unspecified atom stereocenters. The van der Waals surface area contributed by atoms with Crippen LogP contribution in [0.3, 0.4) is 0 Å². The Labute approximate surface area is 166 Å². The molecule has 1 fully saturated rings. The number of nitrogens with zero attached hydrogens (tertiary/aromatic N) is 5. The SMILES string of the molecule is Cc1c(Cl)nc(CO)nc1N1CC[C@@H](Oc2ccc3c(cnn3C)c2)[C@@H](F)C1. The van der Waals surface area contributed by atoms with Crippen molar-refractivity contribution in [3.8, 4) is 5.75 Å². The molecule has 0 aliphatic carbocycles. The number of ether oxygens (including phenoxy) is 1. The lowest BCUT2D eigenvalue weighted by Crippen LogP contribution is -2.47. The van der Waals surface area contributed by atoms with Crippen molar-refractivity contribution in [2.45, 2.75) is 32.2 Å². The summed E-state index contributed by atoms with van der Waals surface area (Å²) in [4.78, 5) is 10.2. The van der Waals surface area contributed by atoms with Crippen molar-refractivity contribution >= 4 is 28.3 Å². The van der Waals surface area contributed by atoms with Gasteiger partial charge in [0.25, 0.3) is 0 Å². The third-order valence-electron chi connectivity index (χ3n) is 5.03. The van der Waals surface area contributed by atoms with Crippen LogP contribution in [0.1, 0.15) is 17.8 Å². The summed E-state index contributed by atoms with van der Waals surface area (Å²) < 4.78 is 22.6. The van der Waals surface area contributed by atoms with Crippen LogP contribution in [0, 0.1) is 6.92 Å². The third-order valence-corrected chi connectivity index (χ3v) is 5.40. The Bertz CT molecular complexity index is 1010. The summed E-state index contributed by atoms with van der Waals surface area (Å²) in [6.07, 6.45) is 0.532. The molecular formula is C19H21ClFN5O2. The second-order valence-electron chi connectivity index (χ2n) is 6.93. The van der Waals surface area contributed by atoms with Gasteiger partial charge in [-0.15, -0.1) is 0 Å². The number of aromatic nitrogens is 4. The first-order chi connectivity index (χ1) is 13.5. The Balaban J connectivity index is 1.48. The Morgan fingerprint density at radius 2 is 2.18 bits per heavy atom. The molecule has 9 heteroatoms. The van der Waals surface area contributed by atoms with Gasteiger partial charge in [0, 0.05) is 31.0 Å². The van der Waals surface area contributed by atoms with Gasteiger partial charge in [-0.3, -0.25) is 4.68 Å². The lowest BCUT2D eigenvalue weighted by atomic mass is 10.1. The first kappa shape index (κ1) is 18.9. The minimum atomic E-state index is -1.19. The minimum Gasteiger partial charge on any atom is -0.487 e. The molecule has 28 heavy (non-hydrogen) atoms. The van der Waals surface area contributed by atoms with Crippen LogP contribution in [0.5, 0.6) is 5.75 Å². The molecule has 0 spiro atoms. The second-order valence-corrected chi connectivity index (χ2v) is 7.29. The molecule has 0 amide bonds. The van der Waals surface area contributed by atoms with Crippen LogP contribution in [-0.4, -0.2) is 50.2 Å². The molecule has 3 heterocycles. The summed E-state index contributed by atoms with van der Waals surface area (Å²) in [6.45, 7) is 2.18. The Hall–Kier alpha value is -2.45. The van der Waals surface area contributed by atoms with Crippen molar-refractivity contribution in [1.82, 2.24) is 19.7 Å². The van der Waals surface area contributed by atoms with Crippen LogP contribution < -0.4 is 9.64 Å². The minimum absolute atomic E-state index is 0.138. The lowest BCUT2D eigenvalue weighted by Gasteiger charge is -2.36. The van der Waals surface area contributed by atoms with Crippen LogP contribution in [0.15, 0.2) is 24.4 Å². The number of anilines is 1. The normalized spacial score (nSPS) is 20.0. The first-order valence-electron chi connectivity index (χ1n) is 9.07. The van der Waals surface area contributed by atoms with Gasteiger partial charge in [-0.05, 0) is 25.1 Å². The monoisotopic (exact) mass is 405 g/mol. The average Bonchev–Trinajstić information content (AvgIpc) is 3.06. The molecule has 4 rings (SSSR count). The molecular weight excluding hydrogens is 385 g/mol. The van der Waals surface area contributed by atoms with E-state index in [1.165, 1.54) is 0 Å². The van der Waals surface area contributed by atoms with Gasteiger partial charge in [-0.2, -0.15) is 5.10 Å². The fraction of sp³-hybridized carbons (Fsp3) is 0.421. The molecule has 1 aliphatic rings. The molecule has 1 aliphatic heterocycles. The highest BCUT2D eigenvalue weighted by molar-refractivity contribution is 6.30. The zero-order valence-corrected chi connectivity index (χ0v) is 16.4. The van der Waals surface area contributed by atoms with Gasteiger partial charge < -0.3 is 14.7 Å². The number of hydrogen-bond acceptors (Lipinski definition) is 6. The predicted octanol–water partition coefficient (Wildman–Crippen LogP) is 2.81. The van der Waals surface area contributed by atoms with E-state index in [0.717, 1.165) is 10.9 Å². The quantitative estimate of drug-likeness (QED) is 0.673. The fourth-order valence-electron chi connectivity index (χ4n) is 3.50. The van der Waals surface area contributed by atoms with E-state index in [4.69, 9.17) is 16.3 Å². The maximum atomic E-state index is 14.9. The molecule has 0 radical (unpaired) electrons. The Morgan fingerprint density at radius 1 is 1.36 bits per heavy atom. The Morgan fingerprint density at radius 3 is 2.93 bits per heavy atom. The van der Waals surface area contributed by atoms with Crippen LogP contribution in [0.2, 0.25) is 5.15 Å². The van der Waals surface area contributed by atoms with Crippen LogP contribution in [0.4, 0.5) is 10.2 Å². The molecule has 0 bridgehead atoms. The van der Waals surface area contributed by atoms with E-state index in [-0.39, 0.29) is 24.1 Å². The van der Waals surface area contributed by atoms with E-state index in [2.05, 4.69) is 15.1 Å². The van der Waals surface area contributed by atoms with E-state index in [0.29, 0.717) is 30.1 Å². The van der Waals surface area contributed by atoms with E-state index < -0.39 is 12.3 Å².